The minimum Gasteiger partial charge on any atom is -0.496 e. The number of nitrogens with one attached hydrogen (secondary N) is 1. The molecule has 1 saturated heterocycles. The number of benzene rings is 2. The molecule has 2 aromatic carbocycles. The minimum absolute atomic E-state index is 0.0145. The molecule has 2 heterocycles. The van der Waals surface area contributed by atoms with Crippen LogP contribution in [-0.4, -0.2) is 65.9 Å². The van der Waals surface area contributed by atoms with Crippen LogP contribution in [0.3, 0.4) is 0 Å². The van der Waals surface area contributed by atoms with Gasteiger partial charge in [0.2, 0.25) is 10.0 Å². The maximum atomic E-state index is 13.1. The number of fused-ring (bicyclic) bond motifs is 1. The SMILES string of the molecule is COc1ccc(S(=O)(=O)NC(C)c2ccc3c(c2)OCCO3)cc1C(=O)N1CCOCC1. The smallest absolute Gasteiger partial charge is 0.257 e. The van der Waals surface area contributed by atoms with Crippen molar-refractivity contribution in [2.24, 2.45) is 0 Å². The quantitative estimate of drug-likeness (QED) is 0.700. The van der Waals surface area contributed by atoms with Crippen LogP contribution in [0.25, 0.3) is 0 Å². The Labute approximate surface area is 187 Å². The maximum Gasteiger partial charge on any atom is 0.257 e. The predicted octanol–water partition coefficient (Wildman–Crippen LogP) is 1.98. The van der Waals surface area contributed by atoms with Crippen molar-refractivity contribution >= 4 is 15.9 Å². The van der Waals surface area contributed by atoms with Crippen molar-refractivity contribution in [3.63, 3.8) is 0 Å². The Morgan fingerprint density at radius 2 is 1.75 bits per heavy atom. The van der Waals surface area contributed by atoms with Gasteiger partial charge in [-0.25, -0.2) is 13.1 Å². The second kappa shape index (κ2) is 9.35. The van der Waals surface area contributed by atoms with Gasteiger partial charge in [0.1, 0.15) is 19.0 Å². The average molecular weight is 463 g/mol. The minimum atomic E-state index is -3.91. The van der Waals surface area contributed by atoms with Crippen molar-refractivity contribution in [2.75, 3.05) is 46.6 Å². The summed E-state index contributed by atoms with van der Waals surface area (Å²) in [6, 6.07) is 9.07. The monoisotopic (exact) mass is 462 g/mol. The number of morpholine rings is 1. The second-order valence-corrected chi connectivity index (χ2v) is 9.23. The molecule has 9 nitrogen and oxygen atoms in total. The first-order valence-electron chi connectivity index (χ1n) is 10.4. The molecule has 0 saturated carbocycles. The molecule has 0 bridgehead atoms. The van der Waals surface area contributed by atoms with Crippen LogP contribution in [0.15, 0.2) is 41.3 Å². The summed E-state index contributed by atoms with van der Waals surface area (Å²) in [5.74, 6) is 1.25. The Balaban J connectivity index is 1.57. The summed E-state index contributed by atoms with van der Waals surface area (Å²) in [6.45, 7) is 4.45. The first-order valence-corrected chi connectivity index (χ1v) is 11.8. The summed E-state index contributed by atoms with van der Waals surface area (Å²) in [7, 11) is -2.47. The van der Waals surface area contributed by atoms with Gasteiger partial charge in [-0.2, -0.15) is 0 Å². The summed E-state index contributed by atoms with van der Waals surface area (Å²) in [6.07, 6.45) is 0. The summed E-state index contributed by atoms with van der Waals surface area (Å²) in [5.41, 5.74) is 0.931. The molecular formula is C22H26N2O7S. The van der Waals surface area contributed by atoms with Gasteiger partial charge < -0.3 is 23.8 Å². The van der Waals surface area contributed by atoms with Gasteiger partial charge in [0.05, 0.1) is 30.8 Å². The van der Waals surface area contributed by atoms with Crippen molar-refractivity contribution < 1.29 is 32.2 Å². The standard InChI is InChI=1S/C22H26N2O7S/c1-15(16-3-5-20-21(13-16)31-12-11-30-20)23-32(26,27)17-4-6-19(28-2)18(14-17)22(25)24-7-9-29-10-8-24/h3-6,13-15,23H,7-12H2,1-2H3. The van der Waals surface area contributed by atoms with E-state index in [9.17, 15) is 13.2 Å². The predicted molar refractivity (Wildman–Crippen MR) is 116 cm³/mol. The third-order valence-corrected chi connectivity index (χ3v) is 6.95. The molecule has 2 aliphatic heterocycles. The van der Waals surface area contributed by atoms with Gasteiger partial charge in [-0.05, 0) is 42.8 Å². The molecule has 32 heavy (non-hydrogen) atoms. The zero-order valence-electron chi connectivity index (χ0n) is 18.0. The van der Waals surface area contributed by atoms with Crippen molar-refractivity contribution in [2.45, 2.75) is 17.9 Å². The molecule has 2 aromatic rings. The van der Waals surface area contributed by atoms with Crippen molar-refractivity contribution in [3.05, 3.63) is 47.5 Å². The molecule has 1 fully saturated rings. The van der Waals surface area contributed by atoms with E-state index in [0.29, 0.717) is 56.8 Å². The molecule has 0 spiro atoms. The molecular weight excluding hydrogens is 436 g/mol. The van der Waals surface area contributed by atoms with E-state index in [1.54, 1.807) is 30.0 Å². The van der Waals surface area contributed by atoms with E-state index in [-0.39, 0.29) is 16.4 Å². The highest BCUT2D eigenvalue weighted by molar-refractivity contribution is 7.89. The number of ether oxygens (including phenoxy) is 4. The van der Waals surface area contributed by atoms with Crippen LogP contribution in [0.1, 0.15) is 28.9 Å². The summed E-state index contributed by atoms with van der Waals surface area (Å²) >= 11 is 0. The van der Waals surface area contributed by atoms with E-state index in [0.717, 1.165) is 5.56 Å². The Kier molecular flexibility index (Phi) is 6.54. The van der Waals surface area contributed by atoms with E-state index in [2.05, 4.69) is 4.72 Å². The largest absolute Gasteiger partial charge is 0.496 e. The highest BCUT2D eigenvalue weighted by atomic mass is 32.2. The van der Waals surface area contributed by atoms with Crippen molar-refractivity contribution in [1.82, 2.24) is 9.62 Å². The highest BCUT2D eigenvalue weighted by Crippen LogP contribution is 2.33. The molecule has 172 valence electrons. The molecule has 0 aliphatic carbocycles. The third kappa shape index (κ3) is 4.67. The number of hydrogen-bond donors (Lipinski definition) is 1. The fraction of sp³-hybridized carbons (Fsp3) is 0.409. The number of hydrogen-bond acceptors (Lipinski definition) is 7. The van der Waals surface area contributed by atoms with Crippen molar-refractivity contribution in [3.8, 4) is 17.2 Å². The number of amides is 1. The summed E-state index contributed by atoms with van der Waals surface area (Å²) < 4.78 is 50.6. The van der Waals surface area contributed by atoms with Gasteiger partial charge in [0.15, 0.2) is 11.5 Å². The molecule has 4 rings (SSSR count). The molecule has 1 amide bonds. The fourth-order valence-electron chi connectivity index (χ4n) is 3.66. The van der Waals surface area contributed by atoms with E-state index < -0.39 is 16.1 Å². The zero-order chi connectivity index (χ0) is 22.7. The zero-order valence-corrected chi connectivity index (χ0v) is 18.8. The molecule has 1 N–H and O–H groups in total. The van der Waals surface area contributed by atoms with E-state index >= 15 is 0 Å². The average Bonchev–Trinajstić information content (AvgIpc) is 2.83. The Bertz CT molecular complexity index is 1100. The normalized spacial score (nSPS) is 17.0. The summed E-state index contributed by atoms with van der Waals surface area (Å²) in [4.78, 5) is 14.6. The number of carbonyl (C=O) groups is 1. The lowest BCUT2D eigenvalue weighted by Crippen LogP contribution is -2.40. The lowest BCUT2D eigenvalue weighted by atomic mass is 10.1. The molecule has 1 unspecified atom stereocenters. The Hall–Kier alpha value is -2.82. The third-order valence-electron chi connectivity index (χ3n) is 5.41. The van der Waals surface area contributed by atoms with Crippen LogP contribution < -0.4 is 18.9 Å². The Morgan fingerprint density at radius 3 is 2.47 bits per heavy atom. The van der Waals surface area contributed by atoms with Crippen LogP contribution in [0.4, 0.5) is 0 Å². The van der Waals surface area contributed by atoms with E-state index in [1.807, 2.05) is 0 Å². The lowest BCUT2D eigenvalue weighted by Gasteiger charge is -2.27. The number of carbonyl (C=O) groups excluding carboxylic acids is 1. The molecule has 0 radical (unpaired) electrons. The number of sulfonamides is 1. The number of nitrogens with zero attached hydrogens (tertiary/aromatic N) is 1. The van der Waals surface area contributed by atoms with Gasteiger partial charge in [0.25, 0.3) is 5.91 Å². The van der Waals surface area contributed by atoms with Gasteiger partial charge >= 0.3 is 0 Å². The molecule has 2 aliphatic rings. The van der Waals surface area contributed by atoms with Crippen LogP contribution in [0, 0.1) is 0 Å². The number of methoxy groups -OCH3 is 1. The van der Waals surface area contributed by atoms with Crippen LogP contribution in [-0.2, 0) is 14.8 Å². The van der Waals surface area contributed by atoms with Gasteiger partial charge in [-0.15, -0.1) is 0 Å². The van der Waals surface area contributed by atoms with Crippen LogP contribution in [0.5, 0.6) is 17.2 Å². The number of rotatable bonds is 6. The van der Waals surface area contributed by atoms with Gasteiger partial charge in [0, 0.05) is 19.1 Å². The second-order valence-electron chi connectivity index (χ2n) is 7.51. The highest BCUT2D eigenvalue weighted by Gasteiger charge is 2.26. The molecule has 10 heteroatoms. The maximum absolute atomic E-state index is 13.1. The first-order chi connectivity index (χ1) is 15.4. The van der Waals surface area contributed by atoms with Crippen LogP contribution >= 0.6 is 0 Å². The first kappa shape index (κ1) is 22.4. The van der Waals surface area contributed by atoms with Crippen LogP contribution in [0.2, 0.25) is 0 Å². The van der Waals surface area contributed by atoms with Crippen molar-refractivity contribution in [1.29, 1.82) is 0 Å². The Morgan fingerprint density at radius 1 is 1.03 bits per heavy atom. The lowest BCUT2D eigenvalue weighted by molar-refractivity contribution is 0.0300. The molecule has 1 atom stereocenters. The van der Waals surface area contributed by atoms with Gasteiger partial charge in [-0.1, -0.05) is 6.07 Å². The fourth-order valence-corrected chi connectivity index (χ4v) is 4.91. The van der Waals surface area contributed by atoms with Gasteiger partial charge in [-0.3, -0.25) is 4.79 Å². The summed E-state index contributed by atoms with van der Waals surface area (Å²) in [5, 5.41) is 0. The van der Waals surface area contributed by atoms with E-state index in [1.165, 1.54) is 25.3 Å². The van der Waals surface area contributed by atoms with E-state index in [4.69, 9.17) is 18.9 Å². The molecule has 0 aromatic heterocycles. The topological polar surface area (TPSA) is 103 Å².